The van der Waals surface area contributed by atoms with Crippen LogP contribution in [0.3, 0.4) is 0 Å². The first-order valence-corrected chi connectivity index (χ1v) is 5.53. The van der Waals surface area contributed by atoms with E-state index in [0.717, 1.165) is 4.57 Å². The summed E-state index contributed by atoms with van der Waals surface area (Å²) in [7, 11) is 0. The van der Waals surface area contributed by atoms with Gasteiger partial charge < -0.3 is 9.67 Å². The van der Waals surface area contributed by atoms with Gasteiger partial charge in [-0.1, -0.05) is 0 Å². The number of nitrogens with zero attached hydrogens (tertiary/aromatic N) is 3. The second-order valence-electron chi connectivity index (χ2n) is 3.83. The summed E-state index contributed by atoms with van der Waals surface area (Å²) in [6, 6.07) is 4.60. The van der Waals surface area contributed by atoms with Crippen molar-refractivity contribution >= 4 is 5.69 Å². The number of hydrogen-bond donors (Lipinski definition) is 1. The number of nitro groups is 1. The first-order chi connectivity index (χ1) is 9.13. The molecule has 2 heterocycles. The molecule has 98 valence electrons. The van der Waals surface area contributed by atoms with Crippen LogP contribution in [-0.4, -0.2) is 26.2 Å². The highest BCUT2D eigenvalue weighted by molar-refractivity contribution is 5.64. The molecule has 19 heavy (non-hydrogen) atoms. The van der Waals surface area contributed by atoms with Crippen LogP contribution in [0.1, 0.15) is 0 Å². The summed E-state index contributed by atoms with van der Waals surface area (Å²) in [5.74, 6) is 0. The lowest BCUT2D eigenvalue weighted by atomic mass is 10.1. The number of aliphatic hydroxyl groups is 1. The summed E-state index contributed by atoms with van der Waals surface area (Å²) >= 11 is 0. The summed E-state index contributed by atoms with van der Waals surface area (Å²) in [5, 5.41) is 19.8. The number of aromatic nitrogens is 2. The van der Waals surface area contributed by atoms with Gasteiger partial charge in [-0.3, -0.25) is 19.9 Å². The Kier molecular flexibility index (Phi) is 3.67. The molecular formula is C12H11N3O4. The number of pyridine rings is 2. The summed E-state index contributed by atoms with van der Waals surface area (Å²) in [5.41, 5.74) is 0.00607. The predicted octanol–water partition coefficient (Wildman–Crippen LogP) is 0.811. The molecule has 2 aromatic rings. The van der Waals surface area contributed by atoms with Crippen molar-refractivity contribution in [2.24, 2.45) is 0 Å². The minimum Gasteiger partial charge on any atom is -0.395 e. The van der Waals surface area contributed by atoms with Gasteiger partial charge in [0.05, 0.1) is 11.5 Å². The first-order valence-electron chi connectivity index (χ1n) is 5.53. The van der Waals surface area contributed by atoms with Crippen LogP contribution in [0.4, 0.5) is 5.69 Å². The third-order valence-electron chi connectivity index (χ3n) is 2.62. The highest BCUT2D eigenvalue weighted by atomic mass is 16.6. The van der Waals surface area contributed by atoms with E-state index in [9.17, 15) is 14.9 Å². The molecule has 2 rings (SSSR count). The van der Waals surface area contributed by atoms with Crippen molar-refractivity contribution in [3.8, 4) is 11.1 Å². The summed E-state index contributed by atoms with van der Waals surface area (Å²) in [6.07, 6.45) is 4.60. The third kappa shape index (κ3) is 2.66. The summed E-state index contributed by atoms with van der Waals surface area (Å²) in [6.45, 7) is -0.255. The van der Waals surface area contributed by atoms with E-state index in [0.29, 0.717) is 11.1 Å². The van der Waals surface area contributed by atoms with Crippen LogP contribution >= 0.6 is 0 Å². The number of rotatable bonds is 4. The Balaban J connectivity index is 2.63. The fourth-order valence-corrected chi connectivity index (χ4v) is 1.73. The van der Waals surface area contributed by atoms with E-state index in [1.807, 2.05) is 0 Å². The van der Waals surface area contributed by atoms with E-state index in [2.05, 4.69) is 4.98 Å². The van der Waals surface area contributed by atoms with Crippen molar-refractivity contribution in [1.82, 2.24) is 9.55 Å². The maximum Gasteiger partial charge on any atom is 0.334 e. The zero-order valence-electron chi connectivity index (χ0n) is 9.89. The molecule has 0 radical (unpaired) electrons. The Morgan fingerprint density at radius 3 is 2.58 bits per heavy atom. The van der Waals surface area contributed by atoms with Gasteiger partial charge in [0, 0.05) is 36.8 Å². The van der Waals surface area contributed by atoms with Crippen LogP contribution < -0.4 is 5.56 Å². The largest absolute Gasteiger partial charge is 0.395 e. The lowest BCUT2D eigenvalue weighted by Gasteiger charge is -2.07. The first kappa shape index (κ1) is 12.9. The fourth-order valence-electron chi connectivity index (χ4n) is 1.73. The normalized spacial score (nSPS) is 10.4. The van der Waals surface area contributed by atoms with E-state index in [1.165, 1.54) is 12.3 Å². The SMILES string of the molecule is O=c1c([N+](=O)[O-])cc(-c2ccncc2)cn1CCO. The van der Waals surface area contributed by atoms with Crippen LogP contribution in [-0.2, 0) is 6.54 Å². The molecule has 0 aliphatic carbocycles. The van der Waals surface area contributed by atoms with Crippen LogP contribution in [0.15, 0.2) is 41.6 Å². The minimum absolute atomic E-state index is 0.0125. The Hall–Kier alpha value is -2.54. The van der Waals surface area contributed by atoms with Gasteiger partial charge in [0.25, 0.3) is 0 Å². The van der Waals surface area contributed by atoms with Crippen molar-refractivity contribution in [2.75, 3.05) is 6.61 Å². The second kappa shape index (κ2) is 5.40. The molecule has 0 amide bonds. The molecule has 0 aliphatic rings. The molecule has 0 aromatic carbocycles. The van der Waals surface area contributed by atoms with Gasteiger partial charge in [0.1, 0.15) is 0 Å². The van der Waals surface area contributed by atoms with Gasteiger partial charge in [-0.25, -0.2) is 0 Å². The lowest BCUT2D eigenvalue weighted by Crippen LogP contribution is -2.23. The van der Waals surface area contributed by atoms with E-state index >= 15 is 0 Å². The average Bonchev–Trinajstić information content (AvgIpc) is 2.42. The number of hydrogen-bond acceptors (Lipinski definition) is 5. The molecule has 7 nitrogen and oxygen atoms in total. The average molecular weight is 261 g/mol. The van der Waals surface area contributed by atoms with Crippen molar-refractivity contribution in [3.63, 3.8) is 0 Å². The van der Waals surface area contributed by atoms with Crippen molar-refractivity contribution in [1.29, 1.82) is 0 Å². The molecule has 0 spiro atoms. The molecule has 7 heteroatoms. The highest BCUT2D eigenvalue weighted by Crippen LogP contribution is 2.20. The molecule has 0 bridgehead atoms. The van der Waals surface area contributed by atoms with E-state index in [1.54, 1.807) is 24.5 Å². The summed E-state index contributed by atoms with van der Waals surface area (Å²) in [4.78, 5) is 25.8. The third-order valence-corrected chi connectivity index (χ3v) is 2.62. The van der Waals surface area contributed by atoms with Crippen molar-refractivity contribution < 1.29 is 10.0 Å². The van der Waals surface area contributed by atoms with Gasteiger partial charge in [-0.05, 0) is 17.7 Å². The molecule has 2 aromatic heterocycles. The van der Waals surface area contributed by atoms with Gasteiger partial charge in [0.15, 0.2) is 0 Å². The second-order valence-corrected chi connectivity index (χ2v) is 3.83. The molecular weight excluding hydrogens is 250 g/mol. The van der Waals surface area contributed by atoms with Crippen LogP contribution in [0.5, 0.6) is 0 Å². The molecule has 1 N–H and O–H groups in total. The van der Waals surface area contributed by atoms with Gasteiger partial charge in [-0.15, -0.1) is 0 Å². The zero-order valence-corrected chi connectivity index (χ0v) is 9.89. The molecule has 0 aliphatic heterocycles. The maximum atomic E-state index is 11.8. The lowest BCUT2D eigenvalue weighted by molar-refractivity contribution is -0.386. The van der Waals surface area contributed by atoms with Crippen LogP contribution in [0.2, 0.25) is 0 Å². The van der Waals surface area contributed by atoms with Crippen LogP contribution in [0, 0.1) is 10.1 Å². The van der Waals surface area contributed by atoms with Gasteiger partial charge >= 0.3 is 11.2 Å². The van der Waals surface area contributed by atoms with Gasteiger partial charge in [0.2, 0.25) is 0 Å². The predicted molar refractivity (Wildman–Crippen MR) is 67.7 cm³/mol. The quantitative estimate of drug-likeness (QED) is 0.648. The van der Waals surface area contributed by atoms with Crippen LogP contribution in [0.25, 0.3) is 11.1 Å². The molecule has 0 atom stereocenters. The smallest absolute Gasteiger partial charge is 0.334 e. The van der Waals surface area contributed by atoms with E-state index in [4.69, 9.17) is 5.11 Å². The molecule has 0 unspecified atom stereocenters. The maximum absolute atomic E-state index is 11.8. The van der Waals surface area contributed by atoms with E-state index < -0.39 is 16.2 Å². The monoisotopic (exact) mass is 261 g/mol. The Bertz CT molecular complexity index is 652. The van der Waals surface area contributed by atoms with Crippen molar-refractivity contribution in [2.45, 2.75) is 6.54 Å². The van der Waals surface area contributed by atoms with E-state index in [-0.39, 0.29) is 13.2 Å². The van der Waals surface area contributed by atoms with Gasteiger partial charge in [-0.2, -0.15) is 0 Å². The molecule has 0 fully saturated rings. The summed E-state index contributed by atoms with van der Waals surface area (Å²) < 4.78 is 1.13. The molecule has 0 saturated carbocycles. The Morgan fingerprint density at radius 1 is 1.32 bits per heavy atom. The minimum atomic E-state index is -0.725. The standard InChI is InChI=1S/C12H11N3O4/c16-6-5-14-8-10(9-1-3-13-4-2-9)7-11(12(14)17)15(18)19/h1-4,7-8,16H,5-6H2. The fraction of sp³-hybridized carbons (Fsp3) is 0.167. The topological polar surface area (TPSA) is 98.3 Å². The number of aliphatic hydroxyl groups excluding tert-OH is 1. The highest BCUT2D eigenvalue weighted by Gasteiger charge is 2.16. The molecule has 0 saturated heterocycles. The zero-order chi connectivity index (χ0) is 13.8. The van der Waals surface area contributed by atoms with Crippen molar-refractivity contribution in [3.05, 3.63) is 57.3 Å². The Morgan fingerprint density at radius 2 is 2.00 bits per heavy atom. The Labute approximate surface area is 107 Å².